The predicted molar refractivity (Wildman–Crippen MR) is 91.6 cm³/mol. The molecule has 0 unspecified atom stereocenters. The van der Waals surface area contributed by atoms with Gasteiger partial charge in [-0.25, -0.2) is 4.39 Å². The van der Waals surface area contributed by atoms with Crippen LogP contribution in [0.25, 0.3) is 0 Å². The predicted octanol–water partition coefficient (Wildman–Crippen LogP) is 2.52. The van der Waals surface area contributed by atoms with Crippen molar-refractivity contribution in [3.63, 3.8) is 0 Å². The minimum Gasteiger partial charge on any atom is -0.472 e. The highest BCUT2D eigenvalue weighted by Gasteiger charge is 2.27. The van der Waals surface area contributed by atoms with E-state index in [2.05, 4.69) is 5.32 Å². The van der Waals surface area contributed by atoms with Crippen molar-refractivity contribution < 1.29 is 18.7 Å². The number of carbonyl (C=O) groups is 1. The standard InChI is InChI=1S/C19H23FN2O3/c1-19(24,15-2-4-16(20)5-3-15)13-21-17-6-9-22(10-7-17)18(23)14-8-11-25-12-14/h2-5,8,11-12,17,21,24H,6-7,9-10,13H2,1H3/t19-/m1/s1. The van der Waals surface area contributed by atoms with E-state index in [9.17, 15) is 14.3 Å². The van der Waals surface area contributed by atoms with Crippen molar-refractivity contribution in [2.75, 3.05) is 19.6 Å². The summed E-state index contributed by atoms with van der Waals surface area (Å²) in [6.07, 6.45) is 4.61. The smallest absolute Gasteiger partial charge is 0.257 e. The van der Waals surface area contributed by atoms with Gasteiger partial charge in [-0.2, -0.15) is 0 Å². The lowest BCUT2D eigenvalue weighted by molar-refractivity contribution is 0.0481. The minimum absolute atomic E-state index is 0.00879. The number of benzene rings is 1. The summed E-state index contributed by atoms with van der Waals surface area (Å²) in [6, 6.07) is 7.81. The molecule has 2 aromatic rings. The van der Waals surface area contributed by atoms with Crippen LogP contribution < -0.4 is 5.32 Å². The highest BCUT2D eigenvalue weighted by molar-refractivity contribution is 5.93. The summed E-state index contributed by atoms with van der Waals surface area (Å²) in [5.41, 5.74) is 0.178. The largest absolute Gasteiger partial charge is 0.472 e. The fourth-order valence-corrected chi connectivity index (χ4v) is 3.11. The molecule has 5 nitrogen and oxygen atoms in total. The average molecular weight is 346 g/mol. The summed E-state index contributed by atoms with van der Waals surface area (Å²) in [7, 11) is 0. The number of furan rings is 1. The lowest BCUT2D eigenvalue weighted by atomic mass is 9.95. The van der Waals surface area contributed by atoms with Gasteiger partial charge in [0.15, 0.2) is 0 Å². The van der Waals surface area contributed by atoms with Gasteiger partial charge in [0.25, 0.3) is 5.91 Å². The van der Waals surface area contributed by atoms with E-state index >= 15 is 0 Å². The van der Waals surface area contributed by atoms with Crippen molar-refractivity contribution >= 4 is 5.91 Å². The Morgan fingerprint density at radius 2 is 2.00 bits per heavy atom. The van der Waals surface area contributed by atoms with Gasteiger partial charge in [-0.05, 0) is 43.5 Å². The maximum absolute atomic E-state index is 13.0. The molecule has 1 fully saturated rings. The van der Waals surface area contributed by atoms with E-state index in [4.69, 9.17) is 4.42 Å². The molecule has 1 saturated heterocycles. The third kappa shape index (κ3) is 4.27. The number of rotatable bonds is 5. The number of likely N-dealkylation sites (tertiary alicyclic amines) is 1. The molecule has 1 aromatic carbocycles. The van der Waals surface area contributed by atoms with Gasteiger partial charge in [0.2, 0.25) is 0 Å². The topological polar surface area (TPSA) is 65.7 Å². The Balaban J connectivity index is 1.49. The Kier molecular flexibility index (Phi) is 5.20. The molecule has 1 amide bonds. The van der Waals surface area contributed by atoms with Crippen LogP contribution in [0.4, 0.5) is 4.39 Å². The summed E-state index contributed by atoms with van der Waals surface area (Å²) in [4.78, 5) is 14.1. The van der Waals surface area contributed by atoms with E-state index in [-0.39, 0.29) is 17.8 Å². The van der Waals surface area contributed by atoms with Crippen LogP contribution in [0, 0.1) is 5.82 Å². The molecule has 2 heterocycles. The number of nitrogens with zero attached hydrogens (tertiary/aromatic N) is 1. The Bertz CT molecular complexity index is 690. The van der Waals surface area contributed by atoms with Crippen LogP contribution in [0.5, 0.6) is 0 Å². The molecular weight excluding hydrogens is 323 g/mol. The zero-order valence-electron chi connectivity index (χ0n) is 14.2. The number of halogens is 1. The molecule has 0 saturated carbocycles. The normalized spacial score (nSPS) is 18.1. The third-order valence-electron chi connectivity index (χ3n) is 4.75. The lowest BCUT2D eigenvalue weighted by Gasteiger charge is -2.34. The Labute approximate surface area is 146 Å². The minimum atomic E-state index is -1.07. The Morgan fingerprint density at radius 3 is 2.60 bits per heavy atom. The zero-order valence-corrected chi connectivity index (χ0v) is 14.2. The van der Waals surface area contributed by atoms with Gasteiger partial charge in [-0.3, -0.25) is 4.79 Å². The second-order valence-corrected chi connectivity index (χ2v) is 6.74. The lowest BCUT2D eigenvalue weighted by Crippen LogP contribution is -2.48. The summed E-state index contributed by atoms with van der Waals surface area (Å²) < 4.78 is 18.0. The van der Waals surface area contributed by atoms with Crippen LogP contribution in [0.15, 0.2) is 47.3 Å². The third-order valence-corrected chi connectivity index (χ3v) is 4.75. The number of hydrogen-bond donors (Lipinski definition) is 2. The van der Waals surface area contributed by atoms with Crippen molar-refractivity contribution in [1.29, 1.82) is 0 Å². The molecule has 3 rings (SSSR count). The summed E-state index contributed by atoms with van der Waals surface area (Å²) in [5, 5.41) is 14.0. The Hall–Kier alpha value is -2.18. The number of nitrogens with one attached hydrogen (secondary N) is 1. The van der Waals surface area contributed by atoms with E-state index in [1.54, 1.807) is 25.1 Å². The van der Waals surface area contributed by atoms with Crippen LogP contribution in [-0.2, 0) is 5.60 Å². The molecule has 6 heteroatoms. The number of piperidine rings is 1. The second-order valence-electron chi connectivity index (χ2n) is 6.74. The monoisotopic (exact) mass is 346 g/mol. The van der Waals surface area contributed by atoms with Crippen molar-refractivity contribution in [2.45, 2.75) is 31.4 Å². The Morgan fingerprint density at radius 1 is 1.32 bits per heavy atom. The molecule has 1 atom stereocenters. The highest BCUT2D eigenvalue weighted by Crippen LogP contribution is 2.21. The highest BCUT2D eigenvalue weighted by atomic mass is 19.1. The fourth-order valence-electron chi connectivity index (χ4n) is 3.11. The van der Waals surface area contributed by atoms with Gasteiger partial charge in [0.1, 0.15) is 12.1 Å². The van der Waals surface area contributed by atoms with Crippen LogP contribution in [0.3, 0.4) is 0 Å². The molecule has 0 spiro atoms. The van der Waals surface area contributed by atoms with Crippen LogP contribution in [-0.4, -0.2) is 41.6 Å². The molecule has 1 aliphatic rings. The average Bonchev–Trinajstić information content (AvgIpc) is 3.15. The van der Waals surface area contributed by atoms with Crippen LogP contribution >= 0.6 is 0 Å². The van der Waals surface area contributed by atoms with Gasteiger partial charge < -0.3 is 19.7 Å². The van der Waals surface area contributed by atoms with Crippen LogP contribution in [0.1, 0.15) is 35.7 Å². The first-order chi connectivity index (χ1) is 12.0. The van der Waals surface area contributed by atoms with Gasteiger partial charge in [-0.1, -0.05) is 12.1 Å². The maximum Gasteiger partial charge on any atom is 0.257 e. The maximum atomic E-state index is 13.0. The molecule has 2 N–H and O–H groups in total. The molecule has 0 bridgehead atoms. The molecule has 134 valence electrons. The summed E-state index contributed by atoms with van der Waals surface area (Å²) in [6.45, 7) is 3.42. The fraction of sp³-hybridized carbons (Fsp3) is 0.421. The molecule has 0 radical (unpaired) electrons. The SMILES string of the molecule is C[C@@](O)(CNC1CCN(C(=O)c2ccoc2)CC1)c1ccc(F)cc1. The van der Waals surface area contributed by atoms with Gasteiger partial charge in [0.05, 0.1) is 17.4 Å². The van der Waals surface area contributed by atoms with E-state index in [1.165, 1.54) is 24.7 Å². The van der Waals surface area contributed by atoms with E-state index < -0.39 is 5.60 Å². The van der Waals surface area contributed by atoms with Crippen molar-refractivity contribution in [1.82, 2.24) is 10.2 Å². The van der Waals surface area contributed by atoms with E-state index in [0.717, 1.165) is 12.8 Å². The zero-order chi connectivity index (χ0) is 17.9. The number of amides is 1. The van der Waals surface area contributed by atoms with Crippen LogP contribution in [0.2, 0.25) is 0 Å². The summed E-state index contributed by atoms with van der Waals surface area (Å²) in [5.74, 6) is -0.326. The molecule has 0 aliphatic carbocycles. The van der Waals surface area contributed by atoms with Gasteiger partial charge in [-0.15, -0.1) is 0 Å². The molecule has 1 aliphatic heterocycles. The summed E-state index contributed by atoms with van der Waals surface area (Å²) >= 11 is 0. The first-order valence-electron chi connectivity index (χ1n) is 8.49. The van der Waals surface area contributed by atoms with Crippen molar-refractivity contribution in [2.24, 2.45) is 0 Å². The van der Waals surface area contributed by atoms with E-state index in [0.29, 0.717) is 30.8 Å². The number of hydrogen-bond acceptors (Lipinski definition) is 4. The van der Waals surface area contributed by atoms with E-state index in [1.807, 2.05) is 4.90 Å². The molecular formula is C19H23FN2O3. The molecule has 25 heavy (non-hydrogen) atoms. The van der Waals surface area contributed by atoms with Gasteiger partial charge >= 0.3 is 0 Å². The quantitative estimate of drug-likeness (QED) is 0.873. The van der Waals surface area contributed by atoms with Crippen molar-refractivity contribution in [3.8, 4) is 0 Å². The van der Waals surface area contributed by atoms with Crippen molar-refractivity contribution in [3.05, 3.63) is 59.8 Å². The number of aliphatic hydroxyl groups is 1. The second kappa shape index (κ2) is 7.37. The number of carbonyl (C=O) groups excluding carboxylic acids is 1. The first-order valence-corrected chi connectivity index (χ1v) is 8.49. The first kappa shape index (κ1) is 17.6. The molecule has 1 aromatic heterocycles. The van der Waals surface area contributed by atoms with Gasteiger partial charge in [0, 0.05) is 25.7 Å².